The van der Waals surface area contributed by atoms with Crippen molar-refractivity contribution >= 4 is 35.0 Å². The lowest BCUT2D eigenvalue weighted by Crippen LogP contribution is -2.18. The van der Waals surface area contributed by atoms with Gasteiger partial charge in [-0.25, -0.2) is 0 Å². The number of amides is 1. The molecule has 0 aliphatic heterocycles. The molecule has 7 heteroatoms. The Morgan fingerprint density at radius 3 is 2.58 bits per heavy atom. The number of halogens is 4. The molecule has 1 N–H and O–H groups in total. The van der Waals surface area contributed by atoms with Gasteiger partial charge in [-0.1, -0.05) is 35.9 Å². The van der Waals surface area contributed by atoms with Gasteiger partial charge >= 0.3 is 6.18 Å². The van der Waals surface area contributed by atoms with Gasteiger partial charge in [-0.15, -0.1) is 11.8 Å². The van der Waals surface area contributed by atoms with Crippen molar-refractivity contribution < 1.29 is 18.0 Å². The first-order valence-electron chi connectivity index (χ1n) is 7.06. The van der Waals surface area contributed by atoms with Crippen LogP contribution in [0, 0.1) is 6.92 Å². The molecule has 0 saturated heterocycles. The zero-order valence-electron chi connectivity index (χ0n) is 12.8. The fraction of sp³-hybridized carbons (Fsp3) is 0.235. The predicted molar refractivity (Wildman–Crippen MR) is 92.4 cm³/mol. The van der Waals surface area contributed by atoms with E-state index >= 15 is 0 Å². The molecule has 0 radical (unpaired) electrons. The second-order valence-electron chi connectivity index (χ2n) is 5.16. The van der Waals surface area contributed by atoms with E-state index in [9.17, 15) is 18.0 Å². The average Bonchev–Trinajstić information content (AvgIpc) is 2.50. The van der Waals surface area contributed by atoms with Crippen LogP contribution in [-0.4, -0.2) is 11.7 Å². The Bertz CT molecular complexity index is 734. The Morgan fingerprint density at radius 1 is 1.21 bits per heavy atom. The number of aryl methyl sites for hydroxylation is 1. The molecule has 0 unspecified atom stereocenters. The molecule has 0 bridgehead atoms. The number of hydrogen-bond donors (Lipinski definition) is 1. The summed E-state index contributed by atoms with van der Waals surface area (Å²) in [7, 11) is 0. The lowest BCUT2D eigenvalue weighted by Gasteiger charge is -2.14. The predicted octanol–water partition coefficient (Wildman–Crippen LogP) is 5.54. The summed E-state index contributed by atoms with van der Waals surface area (Å²) in [5.74, 6) is 0.197. The summed E-state index contributed by atoms with van der Waals surface area (Å²) in [5.41, 5.74) is 0.973. The van der Waals surface area contributed by atoms with Crippen molar-refractivity contribution in [3.8, 4) is 0 Å². The molecule has 0 aromatic heterocycles. The van der Waals surface area contributed by atoms with Gasteiger partial charge in [0.2, 0.25) is 5.91 Å². The molecule has 2 aromatic rings. The Morgan fingerprint density at radius 2 is 1.92 bits per heavy atom. The molecule has 0 saturated carbocycles. The number of thioether (sulfide) groups is 1. The molecule has 2 aromatic carbocycles. The third-order valence-electron chi connectivity index (χ3n) is 3.31. The van der Waals surface area contributed by atoms with E-state index in [1.165, 1.54) is 17.8 Å². The van der Waals surface area contributed by atoms with Crippen molar-refractivity contribution in [3.63, 3.8) is 0 Å². The molecule has 128 valence electrons. The van der Waals surface area contributed by atoms with Crippen LogP contribution in [0.4, 0.5) is 18.9 Å². The van der Waals surface area contributed by atoms with E-state index in [1.807, 2.05) is 31.2 Å². The quantitative estimate of drug-likeness (QED) is 0.745. The number of carbonyl (C=O) groups excluding carboxylic acids is 1. The highest BCUT2D eigenvalue weighted by atomic mass is 35.5. The highest BCUT2D eigenvalue weighted by Crippen LogP contribution is 2.36. The van der Waals surface area contributed by atoms with Crippen LogP contribution in [0.5, 0.6) is 0 Å². The van der Waals surface area contributed by atoms with Crippen molar-refractivity contribution in [2.45, 2.75) is 18.9 Å². The third-order valence-corrected chi connectivity index (χ3v) is 4.53. The van der Waals surface area contributed by atoms with E-state index in [0.29, 0.717) is 5.75 Å². The molecule has 0 aliphatic rings. The van der Waals surface area contributed by atoms with Gasteiger partial charge in [0.25, 0.3) is 0 Å². The van der Waals surface area contributed by atoms with Crippen LogP contribution in [0.15, 0.2) is 42.5 Å². The molecule has 0 fully saturated rings. The summed E-state index contributed by atoms with van der Waals surface area (Å²) in [4.78, 5) is 11.9. The largest absolute Gasteiger partial charge is 0.418 e. The maximum Gasteiger partial charge on any atom is 0.418 e. The number of hydrogen-bond acceptors (Lipinski definition) is 2. The minimum absolute atomic E-state index is 0.0331. The van der Waals surface area contributed by atoms with Gasteiger partial charge in [0.05, 0.1) is 17.0 Å². The Labute approximate surface area is 147 Å². The maximum atomic E-state index is 13.0. The van der Waals surface area contributed by atoms with Gasteiger partial charge in [0, 0.05) is 10.8 Å². The lowest BCUT2D eigenvalue weighted by molar-refractivity contribution is -0.137. The summed E-state index contributed by atoms with van der Waals surface area (Å²) in [6.07, 6.45) is -4.58. The van der Waals surface area contributed by atoms with Crippen molar-refractivity contribution in [1.82, 2.24) is 0 Å². The van der Waals surface area contributed by atoms with Crippen LogP contribution in [0.2, 0.25) is 5.02 Å². The number of anilines is 1. The fourth-order valence-corrected chi connectivity index (χ4v) is 3.15. The van der Waals surface area contributed by atoms with Crippen LogP contribution in [0.25, 0.3) is 0 Å². The molecule has 1 amide bonds. The smallest absolute Gasteiger partial charge is 0.325 e. The highest BCUT2D eigenvalue weighted by molar-refractivity contribution is 7.99. The third kappa shape index (κ3) is 5.18. The first-order chi connectivity index (χ1) is 11.3. The first kappa shape index (κ1) is 18.7. The second kappa shape index (κ2) is 7.94. The van der Waals surface area contributed by atoms with Crippen molar-refractivity contribution in [1.29, 1.82) is 0 Å². The van der Waals surface area contributed by atoms with Gasteiger partial charge in [-0.05, 0) is 36.2 Å². The minimum atomic E-state index is -4.58. The number of rotatable bonds is 5. The molecule has 0 heterocycles. The highest BCUT2D eigenvalue weighted by Gasteiger charge is 2.34. The van der Waals surface area contributed by atoms with E-state index in [2.05, 4.69) is 5.32 Å². The van der Waals surface area contributed by atoms with Gasteiger partial charge in [-0.3, -0.25) is 4.79 Å². The molecule has 0 aliphatic carbocycles. The van der Waals surface area contributed by atoms with E-state index in [1.54, 1.807) is 0 Å². The number of benzene rings is 2. The SMILES string of the molecule is Cc1ccccc1CSCC(=O)Nc1ccc(Cl)cc1C(F)(F)F. The van der Waals surface area contributed by atoms with Crippen LogP contribution in [0.3, 0.4) is 0 Å². The lowest BCUT2D eigenvalue weighted by atomic mass is 10.1. The molecular formula is C17H15ClF3NOS. The maximum absolute atomic E-state index is 13.0. The van der Waals surface area contributed by atoms with Crippen molar-refractivity contribution in [2.75, 3.05) is 11.1 Å². The van der Waals surface area contributed by atoms with E-state index < -0.39 is 17.6 Å². The van der Waals surface area contributed by atoms with E-state index in [0.717, 1.165) is 23.3 Å². The molecular weight excluding hydrogens is 359 g/mol. The monoisotopic (exact) mass is 373 g/mol. The fourth-order valence-electron chi connectivity index (χ4n) is 2.07. The topological polar surface area (TPSA) is 29.1 Å². The average molecular weight is 374 g/mol. The molecule has 2 rings (SSSR count). The molecule has 2 nitrogen and oxygen atoms in total. The Balaban J connectivity index is 1.97. The summed E-state index contributed by atoms with van der Waals surface area (Å²) < 4.78 is 38.9. The van der Waals surface area contributed by atoms with Crippen LogP contribution < -0.4 is 5.32 Å². The zero-order valence-corrected chi connectivity index (χ0v) is 14.4. The van der Waals surface area contributed by atoms with Crippen LogP contribution in [0.1, 0.15) is 16.7 Å². The zero-order chi connectivity index (χ0) is 17.7. The van der Waals surface area contributed by atoms with Crippen LogP contribution >= 0.6 is 23.4 Å². The second-order valence-corrected chi connectivity index (χ2v) is 6.58. The molecule has 0 spiro atoms. The normalized spacial score (nSPS) is 11.4. The number of carbonyl (C=O) groups is 1. The van der Waals surface area contributed by atoms with Gasteiger partial charge < -0.3 is 5.32 Å². The Kier molecular flexibility index (Phi) is 6.18. The first-order valence-corrected chi connectivity index (χ1v) is 8.59. The summed E-state index contributed by atoms with van der Waals surface area (Å²) in [6, 6.07) is 11.0. The van der Waals surface area contributed by atoms with E-state index in [-0.39, 0.29) is 16.5 Å². The van der Waals surface area contributed by atoms with Crippen molar-refractivity contribution in [2.24, 2.45) is 0 Å². The minimum Gasteiger partial charge on any atom is -0.325 e. The number of alkyl halides is 3. The summed E-state index contributed by atoms with van der Waals surface area (Å²) in [6.45, 7) is 1.97. The Hall–Kier alpha value is -1.66. The summed E-state index contributed by atoms with van der Waals surface area (Å²) in [5, 5.41) is 2.27. The van der Waals surface area contributed by atoms with Gasteiger partial charge in [-0.2, -0.15) is 13.2 Å². The van der Waals surface area contributed by atoms with Crippen LogP contribution in [-0.2, 0) is 16.7 Å². The van der Waals surface area contributed by atoms with E-state index in [4.69, 9.17) is 11.6 Å². The summed E-state index contributed by atoms with van der Waals surface area (Å²) >= 11 is 6.95. The molecule has 0 atom stereocenters. The van der Waals surface area contributed by atoms with Crippen molar-refractivity contribution in [3.05, 3.63) is 64.2 Å². The number of nitrogens with one attached hydrogen (secondary N) is 1. The van der Waals surface area contributed by atoms with Gasteiger partial charge in [0.15, 0.2) is 0 Å². The molecule has 24 heavy (non-hydrogen) atoms. The van der Waals surface area contributed by atoms with Gasteiger partial charge in [0.1, 0.15) is 0 Å². The standard InChI is InChI=1S/C17H15ClF3NOS/c1-11-4-2-3-5-12(11)9-24-10-16(23)22-15-7-6-13(18)8-14(15)17(19,20)21/h2-8H,9-10H2,1H3,(H,22,23).